The van der Waals surface area contributed by atoms with Crippen molar-refractivity contribution in [2.24, 2.45) is 5.92 Å². The molecule has 1 N–H and O–H groups in total. The van der Waals surface area contributed by atoms with E-state index in [0.29, 0.717) is 12.2 Å². The summed E-state index contributed by atoms with van der Waals surface area (Å²) in [5, 5.41) is 3.32. The Hall–Kier alpha value is -0.0200. The molecule has 0 heterocycles. The lowest BCUT2D eigenvalue weighted by Gasteiger charge is -2.15. The zero-order valence-corrected chi connectivity index (χ0v) is 9.03. The lowest BCUT2D eigenvalue weighted by molar-refractivity contribution is -0.122. The Kier molecular flexibility index (Phi) is 6.48. The van der Waals surface area contributed by atoms with E-state index in [0.717, 1.165) is 13.0 Å². The Morgan fingerprint density at radius 1 is 1.50 bits per heavy atom. The molecule has 0 saturated heterocycles. The average Bonchev–Trinajstić information content (AvgIpc) is 2.03. The molecule has 2 atom stereocenters. The van der Waals surface area contributed by atoms with Crippen LogP contribution in [0.15, 0.2) is 0 Å². The predicted octanol–water partition coefficient (Wildman–Crippen LogP) is 1.86. The van der Waals surface area contributed by atoms with Crippen LogP contribution in [0.2, 0.25) is 0 Å². The molecule has 12 heavy (non-hydrogen) atoms. The second kappa shape index (κ2) is 6.49. The molecular weight excluding hydrogens is 170 g/mol. The first-order chi connectivity index (χ1) is 5.61. The molecule has 0 aromatic carbocycles. The monoisotopic (exact) mass is 189 g/mol. The topological polar surface area (TPSA) is 29.1 Å². The van der Waals surface area contributed by atoms with Crippen molar-refractivity contribution in [3.05, 3.63) is 0 Å². The Morgan fingerprint density at radius 3 is 2.50 bits per heavy atom. The number of nitrogens with one attached hydrogen (secondary N) is 1. The smallest absolute Gasteiger partial charge is 0.135 e. The summed E-state index contributed by atoms with van der Waals surface area (Å²) in [5.74, 6) is 0.462. The standard InChI is InChI=1S/C9H19NOS/c1-4-8(11)7(3)6-9(12)10-5-2/h7,9-10,12H,4-6H2,1-3H3. The fourth-order valence-corrected chi connectivity index (χ4v) is 1.63. The number of carbonyl (C=O) groups excluding carboxylic acids is 1. The van der Waals surface area contributed by atoms with Gasteiger partial charge in [0.15, 0.2) is 0 Å². The number of thiol groups is 1. The Bertz CT molecular complexity index is 138. The highest BCUT2D eigenvalue weighted by atomic mass is 32.1. The SMILES string of the molecule is CCNC(S)CC(C)C(=O)CC. The van der Waals surface area contributed by atoms with Crippen molar-refractivity contribution in [1.29, 1.82) is 0 Å². The van der Waals surface area contributed by atoms with E-state index in [2.05, 4.69) is 17.9 Å². The largest absolute Gasteiger partial charge is 0.306 e. The van der Waals surface area contributed by atoms with Crippen LogP contribution in [0.4, 0.5) is 0 Å². The van der Waals surface area contributed by atoms with Gasteiger partial charge in [-0.15, -0.1) is 0 Å². The first kappa shape index (κ1) is 12.0. The first-order valence-electron chi connectivity index (χ1n) is 4.55. The van der Waals surface area contributed by atoms with Crippen molar-refractivity contribution in [3.63, 3.8) is 0 Å². The summed E-state index contributed by atoms with van der Waals surface area (Å²) < 4.78 is 0. The first-order valence-corrected chi connectivity index (χ1v) is 5.07. The van der Waals surface area contributed by atoms with Gasteiger partial charge in [-0.05, 0) is 13.0 Å². The number of ketones is 1. The fraction of sp³-hybridized carbons (Fsp3) is 0.889. The van der Waals surface area contributed by atoms with Crippen molar-refractivity contribution in [2.45, 2.75) is 39.0 Å². The molecule has 72 valence electrons. The van der Waals surface area contributed by atoms with Crippen LogP contribution in [0.5, 0.6) is 0 Å². The van der Waals surface area contributed by atoms with E-state index in [9.17, 15) is 4.79 Å². The number of Topliss-reactive ketones (excluding diaryl/α,β-unsaturated/α-hetero) is 1. The Morgan fingerprint density at radius 2 is 2.08 bits per heavy atom. The molecule has 2 nitrogen and oxygen atoms in total. The van der Waals surface area contributed by atoms with Crippen LogP contribution < -0.4 is 5.32 Å². The third kappa shape index (κ3) is 4.78. The summed E-state index contributed by atoms with van der Waals surface area (Å²) in [6.45, 7) is 6.81. The van der Waals surface area contributed by atoms with Gasteiger partial charge < -0.3 is 5.32 Å². The molecule has 0 bridgehead atoms. The van der Waals surface area contributed by atoms with Gasteiger partial charge in [0.2, 0.25) is 0 Å². The summed E-state index contributed by atoms with van der Waals surface area (Å²) in [6, 6.07) is 0. The van der Waals surface area contributed by atoms with Crippen molar-refractivity contribution in [1.82, 2.24) is 5.32 Å². The van der Waals surface area contributed by atoms with Gasteiger partial charge in [0.05, 0.1) is 5.37 Å². The maximum atomic E-state index is 11.2. The Balaban J connectivity index is 3.67. The third-order valence-electron chi connectivity index (χ3n) is 1.91. The molecule has 0 rings (SSSR count). The van der Waals surface area contributed by atoms with E-state index in [1.165, 1.54) is 0 Å². The van der Waals surface area contributed by atoms with Crippen LogP contribution >= 0.6 is 12.6 Å². The lowest BCUT2D eigenvalue weighted by Crippen LogP contribution is -2.27. The van der Waals surface area contributed by atoms with Gasteiger partial charge in [-0.1, -0.05) is 20.8 Å². The molecule has 0 aliphatic carbocycles. The molecule has 0 amide bonds. The van der Waals surface area contributed by atoms with E-state index in [4.69, 9.17) is 0 Å². The molecule has 2 unspecified atom stereocenters. The van der Waals surface area contributed by atoms with Crippen LogP contribution in [-0.2, 0) is 4.79 Å². The molecule has 0 spiro atoms. The van der Waals surface area contributed by atoms with Crippen LogP contribution in [0, 0.1) is 5.92 Å². The van der Waals surface area contributed by atoms with Gasteiger partial charge in [0.1, 0.15) is 5.78 Å². The minimum absolute atomic E-state index is 0.136. The van der Waals surface area contributed by atoms with Gasteiger partial charge >= 0.3 is 0 Å². The number of hydrogen-bond donors (Lipinski definition) is 2. The highest BCUT2D eigenvalue weighted by Crippen LogP contribution is 2.11. The second-order valence-corrected chi connectivity index (χ2v) is 3.65. The van der Waals surface area contributed by atoms with Crippen molar-refractivity contribution in [2.75, 3.05) is 6.54 Å². The Labute approximate surface area is 80.5 Å². The maximum absolute atomic E-state index is 11.2. The number of hydrogen-bond acceptors (Lipinski definition) is 3. The van der Waals surface area contributed by atoms with E-state index >= 15 is 0 Å². The van der Waals surface area contributed by atoms with Gasteiger partial charge in [0, 0.05) is 12.3 Å². The van der Waals surface area contributed by atoms with Crippen LogP contribution in [0.3, 0.4) is 0 Å². The van der Waals surface area contributed by atoms with E-state index in [-0.39, 0.29) is 11.3 Å². The third-order valence-corrected chi connectivity index (χ3v) is 2.31. The average molecular weight is 189 g/mol. The normalized spacial score (nSPS) is 15.7. The van der Waals surface area contributed by atoms with Gasteiger partial charge in [0.25, 0.3) is 0 Å². The minimum atomic E-state index is 0.136. The maximum Gasteiger partial charge on any atom is 0.135 e. The van der Waals surface area contributed by atoms with Crippen LogP contribution in [0.1, 0.15) is 33.6 Å². The predicted molar refractivity (Wildman–Crippen MR) is 55.5 cm³/mol. The number of rotatable bonds is 6. The molecule has 0 aromatic rings. The summed E-state index contributed by atoms with van der Waals surface area (Å²) in [6.07, 6.45) is 1.46. The van der Waals surface area contributed by atoms with Gasteiger partial charge in [-0.2, -0.15) is 12.6 Å². The van der Waals surface area contributed by atoms with Gasteiger partial charge in [-0.3, -0.25) is 4.79 Å². The zero-order valence-electron chi connectivity index (χ0n) is 8.13. The summed E-state index contributed by atoms with van der Waals surface area (Å²) in [4.78, 5) is 11.2. The molecule has 3 heteroatoms. The van der Waals surface area contributed by atoms with Crippen LogP contribution in [0.25, 0.3) is 0 Å². The van der Waals surface area contributed by atoms with E-state index in [1.807, 2.05) is 20.8 Å². The molecule has 0 radical (unpaired) electrons. The lowest BCUT2D eigenvalue weighted by atomic mass is 10.0. The summed E-state index contributed by atoms with van der Waals surface area (Å²) in [7, 11) is 0. The minimum Gasteiger partial charge on any atom is -0.306 e. The zero-order chi connectivity index (χ0) is 9.56. The van der Waals surface area contributed by atoms with E-state index < -0.39 is 0 Å². The highest BCUT2D eigenvalue weighted by molar-refractivity contribution is 7.80. The molecule has 0 aliphatic rings. The number of carbonyl (C=O) groups is 1. The van der Waals surface area contributed by atoms with Gasteiger partial charge in [-0.25, -0.2) is 0 Å². The van der Waals surface area contributed by atoms with Crippen LogP contribution in [-0.4, -0.2) is 17.7 Å². The molecular formula is C9H19NOS. The molecule has 0 aliphatic heterocycles. The van der Waals surface area contributed by atoms with E-state index in [1.54, 1.807) is 0 Å². The quantitative estimate of drug-likeness (QED) is 0.493. The molecule has 0 aromatic heterocycles. The highest BCUT2D eigenvalue weighted by Gasteiger charge is 2.13. The molecule has 0 fully saturated rings. The fourth-order valence-electron chi connectivity index (χ4n) is 1.13. The van der Waals surface area contributed by atoms with Crippen molar-refractivity contribution in [3.8, 4) is 0 Å². The summed E-state index contributed by atoms with van der Waals surface area (Å²) in [5.41, 5.74) is 0. The second-order valence-electron chi connectivity index (χ2n) is 3.03. The molecule has 0 saturated carbocycles. The van der Waals surface area contributed by atoms with Crippen molar-refractivity contribution < 1.29 is 4.79 Å². The summed E-state index contributed by atoms with van der Waals surface area (Å²) >= 11 is 4.32. The van der Waals surface area contributed by atoms with Crippen molar-refractivity contribution >= 4 is 18.4 Å².